The summed E-state index contributed by atoms with van der Waals surface area (Å²) in [5.41, 5.74) is 9.76. The summed E-state index contributed by atoms with van der Waals surface area (Å²) in [6.07, 6.45) is 5.70. The summed E-state index contributed by atoms with van der Waals surface area (Å²) in [5, 5.41) is 7.64. The third kappa shape index (κ3) is 2.39. The average molecular weight is 440 g/mol. The molecule has 0 bridgehead atoms. The zero-order valence-electron chi connectivity index (χ0n) is 18.6. The van der Waals surface area contributed by atoms with Crippen molar-refractivity contribution in [2.45, 2.75) is 5.41 Å². The summed E-state index contributed by atoms with van der Waals surface area (Å²) in [6, 6.07) is 33.4. The second-order valence-corrected chi connectivity index (χ2v) is 8.72. The summed E-state index contributed by atoms with van der Waals surface area (Å²) in [7, 11) is 2.03. The van der Waals surface area contributed by atoms with Crippen molar-refractivity contribution < 1.29 is 4.58 Å². The predicted octanol–water partition coefficient (Wildman–Crippen LogP) is 5.46. The monoisotopic (exact) mass is 439 g/mol. The lowest BCUT2D eigenvalue weighted by atomic mass is 9.70. The van der Waals surface area contributed by atoms with Crippen molar-refractivity contribution in [3.63, 3.8) is 0 Å². The molecule has 2 aromatic heterocycles. The molecule has 0 spiro atoms. The van der Waals surface area contributed by atoms with Crippen molar-refractivity contribution in [2.24, 2.45) is 0 Å². The molecule has 5 nitrogen and oxygen atoms in total. The van der Waals surface area contributed by atoms with Crippen molar-refractivity contribution in [3.05, 3.63) is 126 Å². The number of hydrogen-bond donors (Lipinski definition) is 1. The van der Waals surface area contributed by atoms with Crippen LogP contribution in [-0.2, 0) is 5.41 Å². The van der Waals surface area contributed by atoms with Gasteiger partial charge in [0.15, 0.2) is 7.05 Å². The standard InChI is InChI=1S/C29H21N5/c1-33-19-34(27-12-5-4-11-26(27)33)21-8-6-7-20(17-21)29(28-14-16-31-32-28)24-10-3-2-9-22(24)23-13-15-30-18-25(23)29/h2-18H,1H3,(H,31,32)/q+2. The van der Waals surface area contributed by atoms with Gasteiger partial charge in [-0.25, -0.2) is 0 Å². The van der Waals surface area contributed by atoms with Gasteiger partial charge in [0.1, 0.15) is 0 Å². The van der Waals surface area contributed by atoms with Crippen molar-refractivity contribution in [2.75, 3.05) is 7.05 Å². The Kier molecular flexibility index (Phi) is 3.87. The summed E-state index contributed by atoms with van der Waals surface area (Å²) in [6.45, 7) is 0. The van der Waals surface area contributed by atoms with Gasteiger partial charge in [0.05, 0.1) is 11.1 Å². The molecular weight excluding hydrogens is 418 g/mol. The minimum atomic E-state index is -0.544. The molecule has 3 aromatic carbocycles. The predicted molar refractivity (Wildman–Crippen MR) is 132 cm³/mol. The van der Waals surface area contributed by atoms with E-state index in [0.717, 1.165) is 33.9 Å². The van der Waals surface area contributed by atoms with Gasteiger partial charge in [-0.15, -0.1) is 0 Å². The maximum atomic E-state index is 4.55. The molecule has 7 rings (SSSR count). The first-order chi connectivity index (χ1) is 16.8. The van der Waals surface area contributed by atoms with E-state index in [9.17, 15) is 0 Å². The zero-order valence-corrected chi connectivity index (χ0v) is 18.6. The minimum Gasteiger partial charge on any atom is -0.281 e. The molecule has 2 aliphatic rings. The van der Waals surface area contributed by atoms with Crippen LogP contribution in [0, 0.1) is 0 Å². The normalized spacial score (nSPS) is 17.6. The van der Waals surface area contributed by atoms with Crippen LogP contribution in [0.3, 0.4) is 0 Å². The molecule has 0 amide bonds. The topological polar surface area (TPSA) is 47.6 Å². The molecular formula is C29H21N5+2. The lowest BCUT2D eigenvalue weighted by Crippen LogP contribution is -2.29. The van der Waals surface area contributed by atoms with E-state index in [1.807, 2.05) is 30.2 Å². The lowest BCUT2D eigenvalue weighted by Gasteiger charge is -2.31. The Morgan fingerprint density at radius 1 is 0.794 bits per heavy atom. The van der Waals surface area contributed by atoms with E-state index >= 15 is 0 Å². The Bertz CT molecular complexity index is 1610. The maximum absolute atomic E-state index is 4.55. The highest BCUT2D eigenvalue weighted by molar-refractivity contribution is 5.86. The van der Waals surface area contributed by atoms with Crippen molar-refractivity contribution in [1.29, 1.82) is 0 Å². The highest BCUT2D eigenvalue weighted by Crippen LogP contribution is 2.55. The number of fused-ring (bicyclic) bond motifs is 4. The number of H-pyrrole nitrogens is 1. The SMILES string of the molecule is C[N+]1=C=[N+](c2cccc(C3(c4ccn[nH]4)c4ccccc4-c4ccncc43)c2)c2ccccc21. The van der Waals surface area contributed by atoms with E-state index in [-0.39, 0.29) is 0 Å². The number of aromatic amines is 1. The molecule has 0 radical (unpaired) electrons. The van der Waals surface area contributed by atoms with Gasteiger partial charge in [0.25, 0.3) is 11.4 Å². The third-order valence-electron chi connectivity index (χ3n) is 7.02. The number of rotatable bonds is 3. The number of aromatic nitrogens is 3. The molecule has 1 unspecified atom stereocenters. The molecule has 1 atom stereocenters. The molecule has 0 fully saturated rings. The number of hydrogen-bond acceptors (Lipinski definition) is 2. The van der Waals surface area contributed by atoms with Gasteiger partial charge in [-0.3, -0.25) is 10.1 Å². The number of benzene rings is 3. The fourth-order valence-corrected chi connectivity index (χ4v) is 5.61. The highest BCUT2D eigenvalue weighted by Gasteiger charge is 2.48. The zero-order chi connectivity index (χ0) is 22.7. The van der Waals surface area contributed by atoms with Gasteiger partial charge in [-0.05, 0) is 44.5 Å². The van der Waals surface area contributed by atoms with Crippen LogP contribution in [0.5, 0.6) is 0 Å². The maximum Gasteiger partial charge on any atom is 0.496 e. The van der Waals surface area contributed by atoms with Crippen molar-refractivity contribution in [1.82, 2.24) is 19.8 Å². The molecule has 0 saturated carbocycles. The summed E-state index contributed by atoms with van der Waals surface area (Å²) in [5.74, 6) is 0. The minimum absolute atomic E-state index is 0.544. The second-order valence-electron chi connectivity index (χ2n) is 8.72. The Labute approximate surface area is 197 Å². The van der Waals surface area contributed by atoms with Crippen LogP contribution in [0.4, 0.5) is 17.1 Å². The average Bonchev–Trinajstić information content (AvgIpc) is 3.61. The highest BCUT2D eigenvalue weighted by atomic mass is 15.2. The largest absolute Gasteiger partial charge is 0.496 e. The van der Waals surface area contributed by atoms with E-state index in [1.165, 1.54) is 16.7 Å². The van der Waals surface area contributed by atoms with Crippen LogP contribution in [0.2, 0.25) is 0 Å². The molecule has 1 aliphatic heterocycles. The number of nitrogens with one attached hydrogen (secondary N) is 1. The Hall–Kier alpha value is -4.60. The third-order valence-corrected chi connectivity index (χ3v) is 7.02. The van der Waals surface area contributed by atoms with Crippen LogP contribution >= 0.6 is 0 Å². The molecule has 3 heterocycles. The Morgan fingerprint density at radius 2 is 1.62 bits per heavy atom. The molecule has 160 valence electrons. The summed E-state index contributed by atoms with van der Waals surface area (Å²) < 4.78 is 4.17. The van der Waals surface area contributed by atoms with Crippen LogP contribution in [0.1, 0.15) is 22.4 Å². The van der Waals surface area contributed by atoms with Crippen molar-refractivity contribution in [3.8, 4) is 11.1 Å². The van der Waals surface area contributed by atoms with Gasteiger partial charge in [0.2, 0.25) is 5.69 Å². The van der Waals surface area contributed by atoms with Crippen molar-refractivity contribution >= 4 is 23.1 Å². The molecule has 1 N–H and O–H groups in total. The van der Waals surface area contributed by atoms with Gasteiger partial charge >= 0.3 is 6.01 Å². The molecule has 5 heteroatoms. The molecule has 5 aromatic rings. The van der Waals surface area contributed by atoms with E-state index in [1.54, 1.807) is 0 Å². The van der Waals surface area contributed by atoms with Gasteiger partial charge in [-0.1, -0.05) is 53.1 Å². The van der Waals surface area contributed by atoms with Crippen LogP contribution < -0.4 is 4.58 Å². The lowest BCUT2D eigenvalue weighted by molar-refractivity contribution is -0.394. The Morgan fingerprint density at radius 3 is 2.50 bits per heavy atom. The first kappa shape index (κ1) is 18.9. The van der Waals surface area contributed by atoms with E-state index < -0.39 is 5.41 Å². The number of para-hydroxylation sites is 2. The van der Waals surface area contributed by atoms with Crippen LogP contribution in [0.15, 0.2) is 104 Å². The fraction of sp³-hybridized carbons (Fsp3) is 0.0690. The summed E-state index contributed by atoms with van der Waals surface area (Å²) >= 11 is 0. The molecule has 0 saturated heterocycles. The van der Waals surface area contributed by atoms with Gasteiger partial charge in [0, 0.05) is 42.9 Å². The fourth-order valence-electron chi connectivity index (χ4n) is 5.61. The second kappa shape index (κ2) is 6.95. The smallest absolute Gasteiger partial charge is 0.281 e. The number of nitrogens with zero attached hydrogens (tertiary/aromatic N) is 4. The summed E-state index contributed by atoms with van der Waals surface area (Å²) in [4.78, 5) is 4.55. The van der Waals surface area contributed by atoms with Crippen LogP contribution in [-0.4, -0.2) is 32.8 Å². The van der Waals surface area contributed by atoms with Gasteiger partial charge in [-0.2, -0.15) is 5.10 Å². The van der Waals surface area contributed by atoms with E-state index in [0.29, 0.717) is 0 Å². The van der Waals surface area contributed by atoms with Crippen LogP contribution in [0.25, 0.3) is 11.1 Å². The quantitative estimate of drug-likeness (QED) is 0.372. The van der Waals surface area contributed by atoms with E-state index in [4.69, 9.17) is 0 Å². The first-order valence-electron chi connectivity index (χ1n) is 11.3. The molecule has 34 heavy (non-hydrogen) atoms. The first-order valence-corrected chi connectivity index (χ1v) is 11.3. The van der Waals surface area contributed by atoms with E-state index in [2.05, 4.69) is 111 Å². The number of pyridine rings is 1. The molecule has 1 aliphatic carbocycles. The van der Waals surface area contributed by atoms with Gasteiger partial charge < -0.3 is 0 Å². The Balaban J connectivity index is 1.54.